The van der Waals surface area contributed by atoms with Crippen molar-refractivity contribution in [1.29, 1.82) is 0 Å². The fourth-order valence-corrected chi connectivity index (χ4v) is 3.74. The van der Waals surface area contributed by atoms with Gasteiger partial charge in [0.15, 0.2) is 5.96 Å². The summed E-state index contributed by atoms with van der Waals surface area (Å²) in [4.78, 5) is 10.0. The summed E-state index contributed by atoms with van der Waals surface area (Å²) in [5, 5.41) is 3.48. The molecule has 0 aromatic carbocycles. The lowest BCUT2D eigenvalue weighted by atomic mass is 9.89. The van der Waals surface area contributed by atoms with Crippen LogP contribution in [0, 0.1) is 11.3 Å². The van der Waals surface area contributed by atoms with Crippen molar-refractivity contribution in [3.05, 3.63) is 0 Å². The molecule has 134 valence electrons. The molecular formula is C17H33IN4O. The van der Waals surface area contributed by atoms with Gasteiger partial charge in [-0.15, -0.1) is 24.0 Å². The Hall–Kier alpha value is -0.0800. The summed E-state index contributed by atoms with van der Waals surface area (Å²) in [6, 6.07) is 0. The van der Waals surface area contributed by atoms with Crippen molar-refractivity contribution in [3.63, 3.8) is 0 Å². The molecule has 3 saturated heterocycles. The van der Waals surface area contributed by atoms with E-state index in [9.17, 15) is 0 Å². The highest BCUT2D eigenvalue weighted by Gasteiger charge is 2.34. The second kappa shape index (κ2) is 8.85. The minimum absolute atomic E-state index is 0. The van der Waals surface area contributed by atoms with E-state index >= 15 is 0 Å². The lowest BCUT2D eigenvalue weighted by Gasteiger charge is -2.37. The van der Waals surface area contributed by atoms with Crippen molar-refractivity contribution in [1.82, 2.24) is 15.1 Å². The van der Waals surface area contributed by atoms with E-state index in [1.807, 2.05) is 0 Å². The third-order valence-electron chi connectivity index (χ3n) is 5.15. The van der Waals surface area contributed by atoms with E-state index in [-0.39, 0.29) is 29.4 Å². The van der Waals surface area contributed by atoms with Crippen LogP contribution in [0.3, 0.4) is 0 Å². The predicted molar refractivity (Wildman–Crippen MR) is 106 cm³/mol. The molecule has 3 aliphatic rings. The number of rotatable bonds is 5. The van der Waals surface area contributed by atoms with Crippen molar-refractivity contribution >= 4 is 29.9 Å². The standard InChI is InChI=1S/C17H32N4O.HI/c1-3-18-16(19-12-17(2)13-22-14-17)21-9-6-15(11-21)10-20-7-4-5-8-20;/h15H,3-14H2,1-2H3,(H,18,19);1H. The highest BCUT2D eigenvalue weighted by molar-refractivity contribution is 14.0. The first-order valence-electron chi connectivity index (χ1n) is 9.02. The minimum Gasteiger partial charge on any atom is -0.380 e. The normalized spacial score (nSPS) is 27.7. The Morgan fingerprint density at radius 1 is 1.26 bits per heavy atom. The molecule has 0 amide bonds. The van der Waals surface area contributed by atoms with E-state index in [4.69, 9.17) is 9.73 Å². The summed E-state index contributed by atoms with van der Waals surface area (Å²) in [5.41, 5.74) is 0.259. The first-order chi connectivity index (χ1) is 10.7. The highest BCUT2D eigenvalue weighted by Crippen LogP contribution is 2.27. The molecule has 0 aromatic heterocycles. The molecule has 0 saturated carbocycles. The second-order valence-corrected chi connectivity index (χ2v) is 7.58. The monoisotopic (exact) mass is 436 g/mol. The Kier molecular flexibility index (Phi) is 7.41. The van der Waals surface area contributed by atoms with Gasteiger partial charge in [0.05, 0.1) is 19.8 Å². The summed E-state index contributed by atoms with van der Waals surface area (Å²) in [6.45, 7) is 14.2. The smallest absolute Gasteiger partial charge is 0.193 e. The van der Waals surface area contributed by atoms with E-state index in [0.717, 1.165) is 51.3 Å². The van der Waals surface area contributed by atoms with Crippen molar-refractivity contribution in [2.75, 3.05) is 59.0 Å². The molecule has 3 rings (SSSR count). The molecule has 1 atom stereocenters. The van der Waals surface area contributed by atoms with Crippen LogP contribution in [0.25, 0.3) is 0 Å². The quantitative estimate of drug-likeness (QED) is 0.407. The molecule has 0 aliphatic carbocycles. The average Bonchev–Trinajstić information content (AvgIpc) is 3.14. The van der Waals surface area contributed by atoms with Gasteiger partial charge in [-0.2, -0.15) is 0 Å². The van der Waals surface area contributed by atoms with Crippen LogP contribution in [0.15, 0.2) is 4.99 Å². The van der Waals surface area contributed by atoms with Gasteiger partial charge in [-0.3, -0.25) is 4.99 Å². The van der Waals surface area contributed by atoms with E-state index in [2.05, 4.69) is 29.0 Å². The zero-order valence-electron chi connectivity index (χ0n) is 14.7. The zero-order chi connectivity index (χ0) is 15.4. The molecule has 0 bridgehead atoms. The molecule has 1 unspecified atom stereocenters. The fraction of sp³-hybridized carbons (Fsp3) is 0.941. The highest BCUT2D eigenvalue weighted by atomic mass is 127. The topological polar surface area (TPSA) is 40.1 Å². The van der Waals surface area contributed by atoms with Gasteiger partial charge in [-0.1, -0.05) is 6.92 Å². The Morgan fingerprint density at radius 3 is 2.61 bits per heavy atom. The molecule has 0 radical (unpaired) electrons. The maximum Gasteiger partial charge on any atom is 0.193 e. The van der Waals surface area contributed by atoms with Crippen LogP contribution in [0.2, 0.25) is 0 Å². The number of aliphatic imine (C=N–C) groups is 1. The van der Waals surface area contributed by atoms with Gasteiger partial charge < -0.3 is 19.9 Å². The summed E-state index contributed by atoms with van der Waals surface area (Å²) in [6.07, 6.45) is 4.09. The van der Waals surface area contributed by atoms with Crippen LogP contribution in [-0.4, -0.2) is 74.8 Å². The largest absolute Gasteiger partial charge is 0.380 e. The van der Waals surface area contributed by atoms with Crippen molar-refractivity contribution < 1.29 is 4.74 Å². The van der Waals surface area contributed by atoms with Crippen LogP contribution in [0.5, 0.6) is 0 Å². The van der Waals surface area contributed by atoms with Crippen LogP contribution in [0.1, 0.15) is 33.1 Å². The number of hydrogen-bond donors (Lipinski definition) is 1. The third kappa shape index (κ3) is 5.19. The van der Waals surface area contributed by atoms with Crippen LogP contribution in [-0.2, 0) is 4.74 Å². The van der Waals surface area contributed by atoms with Crippen molar-refractivity contribution in [3.8, 4) is 0 Å². The van der Waals surface area contributed by atoms with Crippen molar-refractivity contribution in [2.45, 2.75) is 33.1 Å². The maximum atomic E-state index is 5.34. The summed E-state index contributed by atoms with van der Waals surface area (Å²) in [7, 11) is 0. The molecule has 1 N–H and O–H groups in total. The lowest BCUT2D eigenvalue weighted by Crippen LogP contribution is -2.45. The van der Waals surface area contributed by atoms with Gasteiger partial charge in [0.2, 0.25) is 0 Å². The lowest BCUT2D eigenvalue weighted by molar-refractivity contribution is -0.0945. The minimum atomic E-state index is 0. The SMILES string of the molecule is CCNC(=NCC1(C)COC1)N1CCC(CN2CCCC2)C1.I. The molecule has 0 aromatic rings. The van der Waals surface area contributed by atoms with Gasteiger partial charge in [0.1, 0.15) is 0 Å². The van der Waals surface area contributed by atoms with Gasteiger partial charge >= 0.3 is 0 Å². The van der Waals surface area contributed by atoms with Crippen molar-refractivity contribution in [2.24, 2.45) is 16.3 Å². The molecule has 5 nitrogen and oxygen atoms in total. The number of nitrogens with zero attached hydrogens (tertiary/aromatic N) is 3. The summed E-state index contributed by atoms with van der Waals surface area (Å²) < 4.78 is 5.34. The molecule has 3 heterocycles. The molecule has 23 heavy (non-hydrogen) atoms. The van der Waals surface area contributed by atoms with Gasteiger partial charge in [-0.05, 0) is 45.2 Å². The number of ether oxygens (including phenoxy) is 1. The van der Waals surface area contributed by atoms with E-state index < -0.39 is 0 Å². The molecule has 0 spiro atoms. The second-order valence-electron chi connectivity index (χ2n) is 7.58. The number of likely N-dealkylation sites (tertiary alicyclic amines) is 2. The van der Waals surface area contributed by atoms with E-state index in [1.54, 1.807) is 0 Å². The Bertz CT molecular complexity index is 394. The van der Waals surface area contributed by atoms with Crippen LogP contribution < -0.4 is 5.32 Å². The van der Waals surface area contributed by atoms with Gasteiger partial charge in [-0.25, -0.2) is 0 Å². The molecule has 3 aliphatic heterocycles. The Balaban J connectivity index is 0.00000192. The van der Waals surface area contributed by atoms with Gasteiger partial charge in [0.25, 0.3) is 0 Å². The first kappa shape index (κ1) is 19.2. The summed E-state index contributed by atoms with van der Waals surface area (Å²) >= 11 is 0. The molecule has 3 fully saturated rings. The van der Waals surface area contributed by atoms with Crippen LogP contribution in [0.4, 0.5) is 0 Å². The maximum absolute atomic E-state index is 5.34. The fourth-order valence-electron chi connectivity index (χ4n) is 3.74. The number of halogens is 1. The summed E-state index contributed by atoms with van der Waals surface area (Å²) in [5.74, 6) is 1.92. The van der Waals surface area contributed by atoms with E-state index in [0.29, 0.717) is 0 Å². The number of hydrogen-bond acceptors (Lipinski definition) is 3. The third-order valence-corrected chi connectivity index (χ3v) is 5.15. The zero-order valence-corrected chi connectivity index (χ0v) is 17.1. The van der Waals surface area contributed by atoms with Crippen LogP contribution >= 0.6 is 24.0 Å². The number of guanidine groups is 1. The predicted octanol–water partition coefficient (Wildman–Crippen LogP) is 2.02. The number of nitrogens with one attached hydrogen (secondary N) is 1. The van der Waals surface area contributed by atoms with Gasteiger partial charge in [0, 0.05) is 31.6 Å². The average molecular weight is 436 g/mol. The molecule has 6 heteroatoms. The molecular weight excluding hydrogens is 403 g/mol. The Labute approximate surface area is 158 Å². The first-order valence-corrected chi connectivity index (χ1v) is 9.02. The van der Waals surface area contributed by atoms with E-state index in [1.165, 1.54) is 38.9 Å². The Morgan fingerprint density at radius 2 is 2.00 bits per heavy atom.